The van der Waals surface area contributed by atoms with Crippen molar-refractivity contribution in [2.24, 2.45) is 9.63 Å². The van der Waals surface area contributed by atoms with Gasteiger partial charge in [0.25, 0.3) is 10.0 Å². The number of aryl methyl sites for hydroxylation is 2. The Labute approximate surface area is 83.7 Å². The molecule has 0 N–H and O–H groups in total. The molecule has 4 nitrogen and oxygen atoms in total. The molecule has 0 saturated heterocycles. The van der Waals surface area contributed by atoms with E-state index in [9.17, 15) is 8.42 Å². The third-order valence-electron chi connectivity index (χ3n) is 1.80. The highest BCUT2D eigenvalue weighted by Crippen LogP contribution is 2.18. The lowest BCUT2D eigenvalue weighted by atomic mass is 10.2. The number of nitrogens with zero attached hydrogens (tertiary/aromatic N) is 2. The highest BCUT2D eigenvalue weighted by molar-refractivity contribution is 7.90. The van der Waals surface area contributed by atoms with Crippen molar-refractivity contribution in [2.75, 3.05) is 7.05 Å². The van der Waals surface area contributed by atoms with Crippen LogP contribution in [0.15, 0.2) is 32.7 Å². The van der Waals surface area contributed by atoms with Crippen LogP contribution in [0.1, 0.15) is 11.1 Å². The maximum absolute atomic E-state index is 11.5. The van der Waals surface area contributed by atoms with Gasteiger partial charge in [-0.05, 0) is 25.5 Å². The van der Waals surface area contributed by atoms with Crippen LogP contribution in [0.25, 0.3) is 0 Å². The van der Waals surface area contributed by atoms with Gasteiger partial charge < -0.3 is 0 Å². The minimum Gasteiger partial charge on any atom is -0.198 e. The predicted octanol–water partition coefficient (Wildman–Crippen LogP) is 2.07. The molecule has 0 saturated carbocycles. The summed E-state index contributed by atoms with van der Waals surface area (Å²) in [7, 11) is -2.27. The van der Waals surface area contributed by atoms with Crippen molar-refractivity contribution in [3.8, 4) is 0 Å². The van der Waals surface area contributed by atoms with Crippen LogP contribution < -0.4 is 0 Å². The van der Waals surface area contributed by atoms with E-state index >= 15 is 0 Å². The molecular weight excluding hydrogens is 200 g/mol. The lowest BCUT2D eigenvalue weighted by Gasteiger charge is -2.02. The normalized spacial score (nSPS) is 12.2. The topological polar surface area (TPSA) is 58.9 Å². The molecule has 1 rings (SSSR count). The van der Waals surface area contributed by atoms with Crippen LogP contribution in [0, 0.1) is 13.8 Å². The number of sulfonamides is 1. The van der Waals surface area contributed by atoms with Gasteiger partial charge in [-0.15, -0.1) is 0 Å². The molecule has 0 atom stereocenters. The Balaban J connectivity index is 3.34. The van der Waals surface area contributed by atoms with Gasteiger partial charge >= 0.3 is 0 Å². The molecule has 0 unspecified atom stereocenters. The van der Waals surface area contributed by atoms with E-state index in [0.29, 0.717) is 5.56 Å². The Morgan fingerprint density at radius 1 is 1.21 bits per heavy atom. The fourth-order valence-corrected chi connectivity index (χ4v) is 2.25. The molecule has 14 heavy (non-hydrogen) atoms. The smallest absolute Gasteiger partial charge is 0.198 e. The van der Waals surface area contributed by atoms with Gasteiger partial charge in [0.2, 0.25) is 0 Å². The first-order chi connectivity index (χ1) is 6.47. The van der Waals surface area contributed by atoms with Crippen molar-refractivity contribution in [3.63, 3.8) is 0 Å². The molecule has 0 heterocycles. The third kappa shape index (κ3) is 2.17. The second-order valence-corrected chi connectivity index (χ2v) is 4.58. The van der Waals surface area contributed by atoms with Crippen LogP contribution in [0.4, 0.5) is 0 Å². The Bertz CT molecular complexity index is 464. The van der Waals surface area contributed by atoms with Crippen LogP contribution in [-0.2, 0) is 10.0 Å². The molecular formula is C9H12N2O2S. The Morgan fingerprint density at radius 3 is 2.36 bits per heavy atom. The second kappa shape index (κ2) is 3.88. The van der Waals surface area contributed by atoms with Crippen molar-refractivity contribution in [1.82, 2.24) is 0 Å². The van der Waals surface area contributed by atoms with Crippen LogP contribution in [-0.4, -0.2) is 15.5 Å². The summed E-state index contributed by atoms with van der Waals surface area (Å²) in [5, 5.41) is 3.28. The highest BCUT2D eigenvalue weighted by Gasteiger charge is 2.15. The van der Waals surface area contributed by atoms with Crippen molar-refractivity contribution in [3.05, 3.63) is 29.3 Å². The van der Waals surface area contributed by atoms with E-state index in [-0.39, 0.29) is 4.90 Å². The number of hydrogen-bond donors (Lipinski definition) is 0. The van der Waals surface area contributed by atoms with E-state index in [4.69, 9.17) is 0 Å². The maximum Gasteiger partial charge on any atom is 0.299 e. The molecule has 0 amide bonds. The zero-order chi connectivity index (χ0) is 10.8. The molecule has 0 aliphatic carbocycles. The average molecular weight is 212 g/mol. The molecule has 0 aromatic heterocycles. The van der Waals surface area contributed by atoms with Crippen LogP contribution in [0.5, 0.6) is 0 Å². The monoisotopic (exact) mass is 212 g/mol. The first-order valence-electron chi connectivity index (χ1n) is 4.11. The summed E-state index contributed by atoms with van der Waals surface area (Å²) in [4.78, 5) is 0.216. The van der Waals surface area contributed by atoms with Crippen molar-refractivity contribution < 1.29 is 8.42 Å². The molecule has 0 bridgehead atoms. The zero-order valence-electron chi connectivity index (χ0n) is 8.35. The lowest BCUT2D eigenvalue weighted by Crippen LogP contribution is -1.98. The predicted molar refractivity (Wildman–Crippen MR) is 53.9 cm³/mol. The SMILES string of the molecule is CN=NS(=O)(=O)c1ccc(C)cc1C. The summed E-state index contributed by atoms with van der Waals surface area (Å²) in [5.41, 5.74) is 1.72. The van der Waals surface area contributed by atoms with Gasteiger partial charge in [0.15, 0.2) is 0 Å². The van der Waals surface area contributed by atoms with Crippen LogP contribution >= 0.6 is 0 Å². The molecule has 0 aliphatic rings. The standard InChI is InChI=1S/C9H12N2O2S/c1-7-4-5-9(8(2)6-7)14(12,13)11-10-3/h4-6H,1-3H3. The van der Waals surface area contributed by atoms with Crippen LogP contribution in [0.3, 0.4) is 0 Å². The van der Waals surface area contributed by atoms with E-state index < -0.39 is 10.0 Å². The molecule has 76 valence electrons. The molecule has 0 spiro atoms. The molecule has 5 heteroatoms. The first-order valence-corrected chi connectivity index (χ1v) is 5.55. The average Bonchev–Trinajstić information content (AvgIpc) is 2.02. The molecule has 0 aliphatic heterocycles. The molecule has 0 fully saturated rings. The summed E-state index contributed by atoms with van der Waals surface area (Å²) in [6.45, 7) is 3.65. The van der Waals surface area contributed by atoms with Gasteiger partial charge in [-0.3, -0.25) is 0 Å². The molecule has 1 aromatic carbocycles. The zero-order valence-corrected chi connectivity index (χ0v) is 9.17. The quantitative estimate of drug-likeness (QED) is 0.704. The molecule has 0 radical (unpaired) electrons. The van der Waals surface area contributed by atoms with E-state index in [2.05, 4.69) is 9.63 Å². The largest absolute Gasteiger partial charge is 0.299 e. The summed E-state index contributed by atoms with van der Waals surface area (Å²) in [6.07, 6.45) is 0. The van der Waals surface area contributed by atoms with Crippen molar-refractivity contribution in [1.29, 1.82) is 0 Å². The van der Waals surface area contributed by atoms with Gasteiger partial charge in [0, 0.05) is 7.05 Å². The number of hydrogen-bond acceptors (Lipinski definition) is 3. The highest BCUT2D eigenvalue weighted by atomic mass is 32.2. The number of rotatable bonds is 2. The van der Waals surface area contributed by atoms with Gasteiger partial charge in [-0.25, -0.2) is 0 Å². The van der Waals surface area contributed by atoms with Crippen molar-refractivity contribution >= 4 is 10.0 Å². The van der Waals surface area contributed by atoms with E-state index in [1.165, 1.54) is 7.05 Å². The van der Waals surface area contributed by atoms with E-state index in [1.54, 1.807) is 25.1 Å². The van der Waals surface area contributed by atoms with Gasteiger partial charge in [-0.1, -0.05) is 22.2 Å². The van der Waals surface area contributed by atoms with Gasteiger partial charge in [-0.2, -0.15) is 13.5 Å². The Morgan fingerprint density at radius 2 is 1.86 bits per heavy atom. The number of benzene rings is 1. The van der Waals surface area contributed by atoms with Gasteiger partial charge in [0.05, 0.1) is 4.90 Å². The minimum absolute atomic E-state index is 0.216. The van der Waals surface area contributed by atoms with Crippen LogP contribution in [0.2, 0.25) is 0 Å². The second-order valence-electron chi connectivity index (χ2n) is 3.03. The minimum atomic E-state index is -3.60. The van der Waals surface area contributed by atoms with E-state index in [1.807, 2.05) is 6.92 Å². The maximum atomic E-state index is 11.5. The summed E-state index contributed by atoms with van der Waals surface area (Å²) in [5.74, 6) is 0. The van der Waals surface area contributed by atoms with Gasteiger partial charge in [0.1, 0.15) is 0 Å². The molecule has 1 aromatic rings. The summed E-state index contributed by atoms with van der Waals surface area (Å²) < 4.78 is 26.2. The summed E-state index contributed by atoms with van der Waals surface area (Å²) in [6, 6.07) is 5.10. The Hall–Kier alpha value is -1.23. The lowest BCUT2D eigenvalue weighted by molar-refractivity contribution is 0.594. The van der Waals surface area contributed by atoms with Crippen molar-refractivity contribution in [2.45, 2.75) is 18.7 Å². The first kappa shape index (κ1) is 10.8. The third-order valence-corrected chi connectivity index (χ3v) is 3.19. The fourth-order valence-electron chi connectivity index (χ4n) is 1.24. The Kier molecular flexibility index (Phi) is 3.00. The fraction of sp³-hybridized carbons (Fsp3) is 0.333. The summed E-state index contributed by atoms with van der Waals surface area (Å²) >= 11 is 0. The van der Waals surface area contributed by atoms with E-state index in [0.717, 1.165) is 5.56 Å².